The molecule has 0 aliphatic heterocycles. The number of carbonyl (C=O) groups excluding carboxylic acids is 2. The Bertz CT molecular complexity index is 773. The Morgan fingerprint density at radius 3 is 1.29 bits per heavy atom. The number of carbonyl (C=O) groups is 2. The van der Waals surface area contributed by atoms with E-state index >= 15 is 0 Å². The normalized spacial score (nSPS) is 9.25. The first-order chi connectivity index (χ1) is 11.6. The molecule has 0 N–H and O–H groups in total. The number of ketones is 2. The third-order valence-corrected chi connectivity index (χ3v) is 3.53. The van der Waals surface area contributed by atoms with Gasteiger partial charge in [0.2, 0.25) is 0 Å². The second kappa shape index (κ2) is 8.51. The predicted octanol–water partition coefficient (Wildman–Crippen LogP) is 4.28. The average Bonchev–Trinajstić information content (AvgIpc) is 2.65. The van der Waals surface area contributed by atoms with E-state index in [1.165, 1.54) is 0 Å². The molecule has 0 unspecified atom stereocenters. The first-order valence-electron chi connectivity index (χ1n) is 7.92. The van der Waals surface area contributed by atoms with Crippen molar-refractivity contribution in [2.75, 3.05) is 0 Å². The molecule has 2 nitrogen and oxygen atoms in total. The number of Topliss-reactive ketones (excluding diaryl/α,β-unsaturated/α-hetero) is 2. The van der Waals surface area contributed by atoms with E-state index in [1.54, 1.807) is 24.3 Å². The molecule has 2 aromatic rings. The summed E-state index contributed by atoms with van der Waals surface area (Å²) < 4.78 is 0. The minimum absolute atomic E-state index is 0.124. The van der Waals surface area contributed by atoms with Crippen LogP contribution in [0.4, 0.5) is 0 Å². The van der Waals surface area contributed by atoms with Gasteiger partial charge in [0, 0.05) is 35.1 Å². The minimum atomic E-state index is 0.124. The average molecular weight is 314 g/mol. The van der Waals surface area contributed by atoms with Gasteiger partial charge in [0.15, 0.2) is 11.6 Å². The van der Waals surface area contributed by atoms with Crippen LogP contribution in [-0.4, -0.2) is 11.6 Å². The summed E-state index contributed by atoms with van der Waals surface area (Å²) in [4.78, 5) is 23.1. The van der Waals surface area contributed by atoms with Crippen LogP contribution in [0.2, 0.25) is 0 Å². The molecule has 2 aromatic carbocycles. The van der Waals surface area contributed by atoms with Crippen molar-refractivity contribution >= 4 is 11.6 Å². The molecule has 0 spiro atoms. The summed E-state index contributed by atoms with van der Waals surface area (Å²) in [7, 11) is 0. The quantitative estimate of drug-likeness (QED) is 0.623. The second-order valence-electron chi connectivity index (χ2n) is 5.21. The van der Waals surface area contributed by atoms with E-state index in [0.29, 0.717) is 24.0 Å². The van der Waals surface area contributed by atoms with Gasteiger partial charge in [-0.2, -0.15) is 0 Å². The fraction of sp³-hybridized carbons (Fsp3) is 0.182. The maximum atomic E-state index is 11.5. The molecule has 0 heterocycles. The van der Waals surface area contributed by atoms with Crippen molar-refractivity contribution in [3.05, 3.63) is 70.8 Å². The molecule has 0 saturated heterocycles. The molecule has 118 valence electrons. The van der Waals surface area contributed by atoms with Crippen LogP contribution in [0.25, 0.3) is 0 Å². The number of hydrogen-bond donors (Lipinski definition) is 0. The van der Waals surface area contributed by atoms with Gasteiger partial charge in [-0.15, -0.1) is 0 Å². The zero-order valence-electron chi connectivity index (χ0n) is 13.8. The predicted molar refractivity (Wildman–Crippen MR) is 95.9 cm³/mol. The van der Waals surface area contributed by atoms with Crippen molar-refractivity contribution in [3.8, 4) is 23.7 Å². The molecule has 0 radical (unpaired) electrons. The monoisotopic (exact) mass is 314 g/mol. The van der Waals surface area contributed by atoms with Crippen LogP contribution >= 0.6 is 0 Å². The van der Waals surface area contributed by atoms with Crippen LogP contribution < -0.4 is 0 Å². The van der Waals surface area contributed by atoms with E-state index in [9.17, 15) is 9.59 Å². The standard InChI is InChI=1S/C22H18O2/c1-3-21(23)19-13-9-17(10-14-19)7-5-6-8-18-11-15-20(16-12-18)22(24)4-2/h9-16H,3-4H2,1-2H3. The molecule has 2 rings (SSSR count). The molecule has 2 heteroatoms. The highest BCUT2D eigenvalue weighted by molar-refractivity contribution is 5.96. The maximum absolute atomic E-state index is 11.5. The Kier molecular flexibility index (Phi) is 6.12. The third-order valence-electron chi connectivity index (χ3n) is 3.53. The zero-order valence-corrected chi connectivity index (χ0v) is 13.8. The largest absolute Gasteiger partial charge is 0.294 e. The highest BCUT2D eigenvalue weighted by Gasteiger charge is 2.01. The molecule has 0 fully saturated rings. The van der Waals surface area contributed by atoms with Crippen molar-refractivity contribution in [2.24, 2.45) is 0 Å². The summed E-state index contributed by atoms with van der Waals surface area (Å²) >= 11 is 0. The number of hydrogen-bond acceptors (Lipinski definition) is 2. The Labute approximate surface area is 142 Å². The second-order valence-corrected chi connectivity index (χ2v) is 5.21. The van der Waals surface area contributed by atoms with Crippen LogP contribution in [0, 0.1) is 23.7 Å². The fourth-order valence-electron chi connectivity index (χ4n) is 2.09. The molecule has 0 amide bonds. The lowest BCUT2D eigenvalue weighted by Crippen LogP contribution is -1.95. The van der Waals surface area contributed by atoms with Crippen LogP contribution in [0.3, 0.4) is 0 Å². The molecule has 0 aliphatic rings. The molecule has 0 atom stereocenters. The Hall–Kier alpha value is -3.10. The summed E-state index contributed by atoms with van der Waals surface area (Å²) in [5.74, 6) is 11.7. The van der Waals surface area contributed by atoms with Crippen molar-refractivity contribution in [1.82, 2.24) is 0 Å². The van der Waals surface area contributed by atoms with Gasteiger partial charge in [-0.3, -0.25) is 9.59 Å². The first kappa shape index (κ1) is 17.3. The molecular formula is C22H18O2. The molecule has 24 heavy (non-hydrogen) atoms. The van der Waals surface area contributed by atoms with Crippen LogP contribution in [-0.2, 0) is 0 Å². The van der Waals surface area contributed by atoms with Gasteiger partial charge in [-0.25, -0.2) is 0 Å². The van der Waals surface area contributed by atoms with Gasteiger partial charge >= 0.3 is 0 Å². The van der Waals surface area contributed by atoms with Crippen molar-refractivity contribution in [2.45, 2.75) is 26.7 Å². The Morgan fingerprint density at radius 2 is 1.00 bits per heavy atom. The van der Waals surface area contributed by atoms with E-state index in [1.807, 2.05) is 38.1 Å². The van der Waals surface area contributed by atoms with E-state index in [0.717, 1.165) is 11.1 Å². The topological polar surface area (TPSA) is 34.1 Å². The fourth-order valence-corrected chi connectivity index (χ4v) is 2.09. The summed E-state index contributed by atoms with van der Waals surface area (Å²) in [6, 6.07) is 14.4. The summed E-state index contributed by atoms with van der Waals surface area (Å²) in [5.41, 5.74) is 3.05. The lowest BCUT2D eigenvalue weighted by Gasteiger charge is -1.97. The van der Waals surface area contributed by atoms with Gasteiger partial charge in [0.05, 0.1) is 0 Å². The molecule has 0 bridgehead atoms. The lowest BCUT2D eigenvalue weighted by atomic mass is 10.1. The van der Waals surface area contributed by atoms with Crippen molar-refractivity contribution in [3.63, 3.8) is 0 Å². The smallest absolute Gasteiger partial charge is 0.162 e. The molecule has 0 aliphatic carbocycles. The van der Waals surface area contributed by atoms with E-state index in [4.69, 9.17) is 0 Å². The first-order valence-corrected chi connectivity index (χ1v) is 7.92. The van der Waals surface area contributed by atoms with E-state index in [2.05, 4.69) is 23.7 Å². The van der Waals surface area contributed by atoms with E-state index < -0.39 is 0 Å². The van der Waals surface area contributed by atoms with Gasteiger partial charge in [-0.05, 0) is 36.1 Å². The van der Waals surface area contributed by atoms with Gasteiger partial charge in [0.1, 0.15) is 0 Å². The highest BCUT2D eigenvalue weighted by atomic mass is 16.1. The molecule has 0 saturated carbocycles. The lowest BCUT2D eigenvalue weighted by molar-refractivity contribution is 0.0980. The zero-order chi connectivity index (χ0) is 17.4. The van der Waals surface area contributed by atoms with Crippen LogP contribution in [0.15, 0.2) is 48.5 Å². The Morgan fingerprint density at radius 1 is 0.667 bits per heavy atom. The third kappa shape index (κ3) is 4.70. The van der Waals surface area contributed by atoms with Gasteiger partial charge < -0.3 is 0 Å². The molecule has 0 aromatic heterocycles. The van der Waals surface area contributed by atoms with Crippen LogP contribution in [0.1, 0.15) is 58.5 Å². The van der Waals surface area contributed by atoms with Crippen molar-refractivity contribution < 1.29 is 9.59 Å². The van der Waals surface area contributed by atoms with Crippen LogP contribution in [0.5, 0.6) is 0 Å². The SMILES string of the molecule is CCC(=O)c1ccc(C#CC#Cc2ccc(C(=O)CC)cc2)cc1. The Balaban J connectivity index is 2.04. The number of benzene rings is 2. The summed E-state index contributed by atoms with van der Waals surface area (Å²) in [6.07, 6.45) is 0.998. The van der Waals surface area contributed by atoms with Gasteiger partial charge in [0.25, 0.3) is 0 Å². The van der Waals surface area contributed by atoms with E-state index in [-0.39, 0.29) is 11.6 Å². The van der Waals surface area contributed by atoms with Gasteiger partial charge in [-0.1, -0.05) is 50.0 Å². The maximum Gasteiger partial charge on any atom is 0.162 e. The summed E-state index contributed by atoms with van der Waals surface area (Å²) in [5, 5.41) is 0. The summed E-state index contributed by atoms with van der Waals surface area (Å²) in [6.45, 7) is 3.69. The minimum Gasteiger partial charge on any atom is -0.294 e. The highest BCUT2D eigenvalue weighted by Crippen LogP contribution is 2.07. The molecular weight excluding hydrogens is 296 g/mol. The van der Waals surface area contributed by atoms with Crippen molar-refractivity contribution in [1.29, 1.82) is 0 Å². The number of rotatable bonds is 4.